The van der Waals surface area contributed by atoms with E-state index in [9.17, 15) is 0 Å². The molecule has 12 heavy (non-hydrogen) atoms. The van der Waals surface area contributed by atoms with Gasteiger partial charge in [-0.1, -0.05) is 6.08 Å². The average Bonchev–Trinajstić information content (AvgIpc) is 2.56. The summed E-state index contributed by atoms with van der Waals surface area (Å²) < 4.78 is 5.18. The minimum atomic E-state index is 0.0416. The minimum absolute atomic E-state index is 0.0416. The Hall–Kier alpha value is -1.02. The lowest BCUT2D eigenvalue weighted by Crippen LogP contribution is -2.08. The highest BCUT2D eigenvalue weighted by molar-refractivity contribution is 5.03. The van der Waals surface area contributed by atoms with Gasteiger partial charge in [-0.05, 0) is 31.4 Å². The third-order valence-corrected chi connectivity index (χ3v) is 1.83. The number of nitrogens with two attached hydrogens (primary N) is 1. The fraction of sp³-hybridized carbons (Fsp3) is 0.400. The Labute approximate surface area is 73.1 Å². The number of hydrogen-bond acceptors (Lipinski definition) is 2. The number of rotatable bonds is 5. The topological polar surface area (TPSA) is 39.2 Å². The first-order valence-corrected chi connectivity index (χ1v) is 4.24. The van der Waals surface area contributed by atoms with Gasteiger partial charge in [0.2, 0.25) is 0 Å². The Bertz CT molecular complexity index is 216. The van der Waals surface area contributed by atoms with Gasteiger partial charge in [0, 0.05) is 0 Å². The van der Waals surface area contributed by atoms with Crippen LogP contribution in [-0.4, -0.2) is 0 Å². The Balaban J connectivity index is 2.29. The maximum atomic E-state index is 5.85. The van der Waals surface area contributed by atoms with Crippen LogP contribution in [-0.2, 0) is 0 Å². The second kappa shape index (κ2) is 4.78. The van der Waals surface area contributed by atoms with E-state index in [-0.39, 0.29) is 6.04 Å². The summed E-state index contributed by atoms with van der Waals surface area (Å²) in [6, 6.07) is 3.82. The van der Waals surface area contributed by atoms with Crippen LogP contribution < -0.4 is 5.73 Å². The van der Waals surface area contributed by atoms with Gasteiger partial charge in [-0.3, -0.25) is 0 Å². The Morgan fingerprint density at radius 2 is 2.50 bits per heavy atom. The molecule has 2 N–H and O–H groups in total. The first-order valence-electron chi connectivity index (χ1n) is 4.24. The molecule has 0 aliphatic carbocycles. The lowest BCUT2D eigenvalue weighted by molar-refractivity contribution is 0.447. The molecule has 0 saturated carbocycles. The van der Waals surface area contributed by atoms with Gasteiger partial charge in [0.05, 0.1) is 12.3 Å². The molecule has 0 amide bonds. The predicted molar refractivity (Wildman–Crippen MR) is 49.7 cm³/mol. The van der Waals surface area contributed by atoms with Crippen molar-refractivity contribution in [1.29, 1.82) is 0 Å². The van der Waals surface area contributed by atoms with Crippen molar-refractivity contribution in [2.75, 3.05) is 0 Å². The van der Waals surface area contributed by atoms with E-state index in [4.69, 9.17) is 10.2 Å². The lowest BCUT2D eigenvalue weighted by atomic mass is 10.1. The molecule has 0 spiro atoms. The second-order valence-electron chi connectivity index (χ2n) is 2.84. The molecule has 0 aliphatic rings. The van der Waals surface area contributed by atoms with E-state index in [1.807, 2.05) is 18.2 Å². The van der Waals surface area contributed by atoms with Gasteiger partial charge in [0.25, 0.3) is 0 Å². The summed E-state index contributed by atoms with van der Waals surface area (Å²) in [5.74, 6) is 0.874. The number of furan rings is 1. The maximum Gasteiger partial charge on any atom is 0.120 e. The molecule has 1 rings (SSSR count). The average molecular weight is 165 g/mol. The van der Waals surface area contributed by atoms with Crippen LogP contribution in [0.4, 0.5) is 0 Å². The van der Waals surface area contributed by atoms with Gasteiger partial charge in [-0.25, -0.2) is 0 Å². The Kier molecular flexibility index (Phi) is 3.61. The molecule has 0 aliphatic heterocycles. The SMILES string of the molecule is C=CCCCC(N)c1ccco1. The van der Waals surface area contributed by atoms with Crippen LogP contribution in [0.3, 0.4) is 0 Å². The largest absolute Gasteiger partial charge is 0.468 e. The third kappa shape index (κ3) is 2.55. The van der Waals surface area contributed by atoms with Gasteiger partial charge in [-0.2, -0.15) is 0 Å². The molecule has 2 nitrogen and oxygen atoms in total. The van der Waals surface area contributed by atoms with Crippen molar-refractivity contribution in [3.05, 3.63) is 36.8 Å². The van der Waals surface area contributed by atoms with Crippen LogP contribution in [0.2, 0.25) is 0 Å². The minimum Gasteiger partial charge on any atom is -0.468 e. The summed E-state index contributed by atoms with van der Waals surface area (Å²) in [7, 11) is 0. The van der Waals surface area contributed by atoms with Gasteiger partial charge in [-0.15, -0.1) is 6.58 Å². The van der Waals surface area contributed by atoms with Crippen LogP contribution in [0, 0.1) is 0 Å². The van der Waals surface area contributed by atoms with Crippen LogP contribution >= 0.6 is 0 Å². The molecule has 0 radical (unpaired) electrons. The van der Waals surface area contributed by atoms with Crippen LogP contribution in [0.1, 0.15) is 31.1 Å². The van der Waals surface area contributed by atoms with Crippen molar-refractivity contribution in [3.63, 3.8) is 0 Å². The zero-order valence-corrected chi connectivity index (χ0v) is 7.20. The van der Waals surface area contributed by atoms with Gasteiger partial charge < -0.3 is 10.2 Å². The molecule has 0 aromatic carbocycles. The van der Waals surface area contributed by atoms with Crippen molar-refractivity contribution in [2.45, 2.75) is 25.3 Å². The van der Waals surface area contributed by atoms with Gasteiger partial charge >= 0.3 is 0 Å². The summed E-state index contributed by atoms with van der Waals surface area (Å²) >= 11 is 0. The van der Waals surface area contributed by atoms with Crippen LogP contribution in [0.5, 0.6) is 0 Å². The number of allylic oxidation sites excluding steroid dienone is 1. The molecule has 0 fully saturated rings. The number of unbranched alkanes of at least 4 members (excludes halogenated alkanes) is 1. The highest BCUT2D eigenvalue weighted by Crippen LogP contribution is 2.16. The van der Waals surface area contributed by atoms with Crippen molar-refractivity contribution in [2.24, 2.45) is 5.73 Å². The molecule has 0 saturated heterocycles. The first-order chi connectivity index (χ1) is 5.84. The highest BCUT2D eigenvalue weighted by Gasteiger charge is 2.06. The van der Waals surface area contributed by atoms with Crippen LogP contribution in [0.25, 0.3) is 0 Å². The third-order valence-electron chi connectivity index (χ3n) is 1.83. The highest BCUT2D eigenvalue weighted by atomic mass is 16.3. The lowest BCUT2D eigenvalue weighted by Gasteiger charge is -2.06. The normalized spacial score (nSPS) is 12.8. The van der Waals surface area contributed by atoms with Gasteiger partial charge in [0.1, 0.15) is 5.76 Å². The van der Waals surface area contributed by atoms with E-state index in [2.05, 4.69) is 6.58 Å². The van der Waals surface area contributed by atoms with Crippen molar-refractivity contribution in [1.82, 2.24) is 0 Å². The van der Waals surface area contributed by atoms with E-state index in [0.717, 1.165) is 25.0 Å². The summed E-state index contributed by atoms with van der Waals surface area (Å²) in [5.41, 5.74) is 5.85. The summed E-state index contributed by atoms with van der Waals surface area (Å²) in [4.78, 5) is 0. The van der Waals surface area contributed by atoms with E-state index in [1.54, 1.807) is 6.26 Å². The molecule has 1 atom stereocenters. The monoisotopic (exact) mass is 165 g/mol. The Morgan fingerprint density at radius 1 is 1.67 bits per heavy atom. The molecular weight excluding hydrogens is 150 g/mol. The van der Waals surface area contributed by atoms with E-state index in [1.165, 1.54) is 0 Å². The van der Waals surface area contributed by atoms with Crippen molar-refractivity contribution < 1.29 is 4.42 Å². The molecule has 1 unspecified atom stereocenters. The number of hydrogen-bond donors (Lipinski definition) is 1. The molecule has 1 heterocycles. The van der Waals surface area contributed by atoms with Crippen molar-refractivity contribution >= 4 is 0 Å². The molecule has 1 aromatic heterocycles. The summed E-state index contributed by atoms with van der Waals surface area (Å²) in [5, 5.41) is 0. The zero-order valence-electron chi connectivity index (χ0n) is 7.20. The molecule has 2 heteroatoms. The quantitative estimate of drug-likeness (QED) is 0.538. The van der Waals surface area contributed by atoms with Crippen molar-refractivity contribution in [3.8, 4) is 0 Å². The van der Waals surface area contributed by atoms with Crippen LogP contribution in [0.15, 0.2) is 35.5 Å². The smallest absolute Gasteiger partial charge is 0.120 e. The Morgan fingerprint density at radius 3 is 3.08 bits per heavy atom. The fourth-order valence-electron chi connectivity index (χ4n) is 1.13. The predicted octanol–water partition coefficient (Wildman–Crippen LogP) is 2.64. The van der Waals surface area contributed by atoms with E-state index < -0.39 is 0 Å². The maximum absolute atomic E-state index is 5.85. The zero-order chi connectivity index (χ0) is 8.81. The fourth-order valence-corrected chi connectivity index (χ4v) is 1.13. The summed E-state index contributed by atoms with van der Waals surface area (Å²) in [6.07, 6.45) is 6.62. The standard InChI is InChI=1S/C10H15NO/c1-2-3-4-6-9(11)10-7-5-8-12-10/h2,5,7-9H,1,3-4,6,11H2. The second-order valence-corrected chi connectivity index (χ2v) is 2.84. The van der Waals surface area contributed by atoms with E-state index >= 15 is 0 Å². The molecular formula is C10H15NO. The molecule has 0 bridgehead atoms. The first kappa shape index (κ1) is 9.07. The van der Waals surface area contributed by atoms with E-state index in [0.29, 0.717) is 0 Å². The molecule has 66 valence electrons. The van der Waals surface area contributed by atoms with Gasteiger partial charge in [0.15, 0.2) is 0 Å². The summed E-state index contributed by atoms with van der Waals surface area (Å²) in [6.45, 7) is 3.66. The molecule has 1 aromatic rings.